The molecule has 0 atom stereocenters. The van der Waals surface area contributed by atoms with Gasteiger partial charge in [-0.25, -0.2) is 4.79 Å². The molecule has 1 heterocycles. The number of hydrogen-bond acceptors (Lipinski definition) is 5. The smallest absolute Gasteiger partial charge is 0.347 e. The first-order valence-electron chi connectivity index (χ1n) is 11.3. The number of nitrogens with one attached hydrogen (secondary N) is 1. The fourth-order valence-electron chi connectivity index (χ4n) is 3.65. The topological polar surface area (TPSA) is 84.9 Å². The zero-order valence-electron chi connectivity index (χ0n) is 20.3. The molecule has 0 unspecified atom stereocenters. The highest BCUT2D eigenvalue weighted by Gasteiger charge is 2.30. The summed E-state index contributed by atoms with van der Waals surface area (Å²) in [5, 5.41) is 13.9. The monoisotopic (exact) mass is 523 g/mol. The van der Waals surface area contributed by atoms with Crippen LogP contribution < -0.4 is 14.8 Å². The van der Waals surface area contributed by atoms with Crippen LogP contribution in [0, 0.1) is 13.8 Å². The van der Waals surface area contributed by atoms with Gasteiger partial charge in [0.05, 0.1) is 4.88 Å². The molecule has 186 valence electrons. The molecule has 3 aromatic carbocycles. The van der Waals surface area contributed by atoms with Gasteiger partial charge in [0, 0.05) is 16.3 Å². The second kappa shape index (κ2) is 10.2. The molecule has 8 heteroatoms. The van der Waals surface area contributed by atoms with Crippen molar-refractivity contribution in [2.45, 2.75) is 39.8 Å². The van der Waals surface area contributed by atoms with Crippen LogP contribution in [-0.4, -0.2) is 22.6 Å². The molecule has 0 spiro atoms. The van der Waals surface area contributed by atoms with Crippen molar-refractivity contribution in [3.05, 3.63) is 87.3 Å². The van der Waals surface area contributed by atoms with Gasteiger partial charge in [-0.2, -0.15) is 0 Å². The number of carbonyl (C=O) groups is 2. The summed E-state index contributed by atoms with van der Waals surface area (Å²) in [7, 11) is 0. The van der Waals surface area contributed by atoms with Crippen LogP contribution in [0.5, 0.6) is 17.2 Å². The van der Waals surface area contributed by atoms with Crippen molar-refractivity contribution < 1.29 is 24.2 Å². The quantitative estimate of drug-likeness (QED) is 0.256. The lowest BCUT2D eigenvalue weighted by Crippen LogP contribution is -2.38. The Balaban J connectivity index is 1.42. The minimum Gasteiger partial charge on any atom is -0.478 e. The van der Waals surface area contributed by atoms with Gasteiger partial charge in [-0.1, -0.05) is 23.7 Å². The van der Waals surface area contributed by atoms with Crippen LogP contribution in [0.3, 0.4) is 0 Å². The summed E-state index contributed by atoms with van der Waals surface area (Å²) in [5.41, 5.74) is 1.22. The SMILES string of the molecule is Cc1cc(Oc2cccc(CNC(=O)c3sc4ccc(Cl)cc4c3C)c2)ccc1OC(C)(C)C(=O)O. The van der Waals surface area contributed by atoms with E-state index in [9.17, 15) is 14.7 Å². The molecule has 1 aromatic heterocycles. The average molecular weight is 524 g/mol. The number of thiophene rings is 1. The van der Waals surface area contributed by atoms with Crippen molar-refractivity contribution in [2.24, 2.45) is 0 Å². The van der Waals surface area contributed by atoms with E-state index in [1.165, 1.54) is 25.2 Å². The molecule has 0 aliphatic carbocycles. The Morgan fingerprint density at radius 1 is 1.03 bits per heavy atom. The fourth-order valence-corrected chi connectivity index (χ4v) is 4.92. The summed E-state index contributed by atoms with van der Waals surface area (Å²) in [5.74, 6) is 0.511. The number of benzene rings is 3. The number of carboxylic acid groups (broad SMARTS) is 1. The van der Waals surface area contributed by atoms with E-state index < -0.39 is 11.6 Å². The maximum Gasteiger partial charge on any atom is 0.347 e. The average Bonchev–Trinajstić information content (AvgIpc) is 3.15. The van der Waals surface area contributed by atoms with E-state index >= 15 is 0 Å². The second-order valence-electron chi connectivity index (χ2n) is 8.97. The van der Waals surface area contributed by atoms with Gasteiger partial charge < -0.3 is 19.9 Å². The predicted molar refractivity (Wildman–Crippen MR) is 143 cm³/mol. The van der Waals surface area contributed by atoms with Crippen molar-refractivity contribution in [2.75, 3.05) is 0 Å². The molecule has 2 N–H and O–H groups in total. The highest BCUT2D eigenvalue weighted by molar-refractivity contribution is 7.21. The van der Waals surface area contributed by atoms with E-state index in [0.717, 1.165) is 26.8 Å². The number of halogens is 1. The second-order valence-corrected chi connectivity index (χ2v) is 10.5. The molecule has 36 heavy (non-hydrogen) atoms. The third-order valence-electron chi connectivity index (χ3n) is 5.72. The molecule has 0 saturated carbocycles. The van der Waals surface area contributed by atoms with Crippen LogP contribution in [0.15, 0.2) is 60.7 Å². The van der Waals surface area contributed by atoms with Crippen molar-refractivity contribution >= 4 is 44.9 Å². The van der Waals surface area contributed by atoms with Crippen molar-refractivity contribution in [3.8, 4) is 17.2 Å². The molecule has 6 nitrogen and oxygen atoms in total. The molecule has 0 aliphatic heterocycles. The predicted octanol–water partition coefficient (Wildman–Crippen LogP) is 7.14. The van der Waals surface area contributed by atoms with Crippen LogP contribution in [-0.2, 0) is 11.3 Å². The van der Waals surface area contributed by atoms with Crippen LogP contribution in [0.25, 0.3) is 10.1 Å². The molecule has 1 amide bonds. The van der Waals surface area contributed by atoms with Gasteiger partial charge in [-0.3, -0.25) is 4.79 Å². The number of amides is 1. The van der Waals surface area contributed by atoms with E-state index in [0.29, 0.717) is 33.7 Å². The number of ether oxygens (including phenoxy) is 2. The van der Waals surface area contributed by atoms with Gasteiger partial charge in [-0.15, -0.1) is 11.3 Å². The molecule has 0 aliphatic rings. The molecule has 0 radical (unpaired) electrons. The highest BCUT2D eigenvalue weighted by atomic mass is 35.5. The maximum absolute atomic E-state index is 12.9. The summed E-state index contributed by atoms with van der Waals surface area (Å²) in [6.45, 7) is 7.11. The minimum absolute atomic E-state index is 0.133. The highest BCUT2D eigenvalue weighted by Crippen LogP contribution is 2.33. The maximum atomic E-state index is 12.9. The Hall–Kier alpha value is -3.55. The van der Waals surface area contributed by atoms with E-state index in [1.807, 2.05) is 56.3 Å². The van der Waals surface area contributed by atoms with Gasteiger partial charge in [0.2, 0.25) is 0 Å². The lowest BCUT2D eigenvalue weighted by Gasteiger charge is -2.23. The largest absolute Gasteiger partial charge is 0.478 e. The summed E-state index contributed by atoms with van der Waals surface area (Å²) < 4.78 is 12.7. The molecule has 0 bridgehead atoms. The summed E-state index contributed by atoms with van der Waals surface area (Å²) in [6, 6.07) is 18.3. The standard InChI is InChI=1S/C28H26ClNO5S/c1-16-12-21(9-10-23(16)35-28(3,4)27(32)33)34-20-7-5-6-18(13-20)15-30-26(31)25-17(2)22-14-19(29)8-11-24(22)36-25/h5-14H,15H2,1-4H3,(H,30,31)(H,32,33). The zero-order valence-corrected chi connectivity index (χ0v) is 21.9. The fraction of sp³-hybridized carbons (Fsp3) is 0.214. The molecular weight excluding hydrogens is 498 g/mol. The number of rotatable bonds is 8. The van der Waals surface area contributed by atoms with E-state index in [-0.39, 0.29) is 5.91 Å². The number of carboxylic acids is 1. The van der Waals surface area contributed by atoms with Gasteiger partial charge in [0.15, 0.2) is 5.60 Å². The lowest BCUT2D eigenvalue weighted by atomic mass is 10.1. The molecular formula is C28H26ClNO5S. The van der Waals surface area contributed by atoms with Gasteiger partial charge in [-0.05, 0) is 98.3 Å². The van der Waals surface area contributed by atoms with Crippen LogP contribution in [0.4, 0.5) is 0 Å². The Labute approximate surface area is 218 Å². The van der Waals surface area contributed by atoms with E-state index in [2.05, 4.69) is 5.32 Å². The molecule has 0 fully saturated rings. The van der Waals surface area contributed by atoms with E-state index in [1.54, 1.807) is 18.2 Å². The zero-order chi connectivity index (χ0) is 26.0. The summed E-state index contributed by atoms with van der Waals surface area (Å²) in [4.78, 5) is 24.9. The lowest BCUT2D eigenvalue weighted by molar-refractivity contribution is -0.152. The van der Waals surface area contributed by atoms with Gasteiger partial charge in [0.1, 0.15) is 17.2 Å². The summed E-state index contributed by atoms with van der Waals surface area (Å²) in [6.07, 6.45) is 0. The van der Waals surface area contributed by atoms with Gasteiger partial charge >= 0.3 is 5.97 Å². The van der Waals surface area contributed by atoms with Crippen LogP contribution in [0.1, 0.15) is 40.2 Å². The number of carbonyl (C=O) groups excluding carboxylic acids is 1. The third kappa shape index (κ3) is 5.64. The molecule has 0 saturated heterocycles. The Bertz CT molecular complexity index is 1460. The van der Waals surface area contributed by atoms with E-state index in [4.69, 9.17) is 21.1 Å². The van der Waals surface area contributed by atoms with Crippen molar-refractivity contribution in [3.63, 3.8) is 0 Å². The van der Waals surface area contributed by atoms with Gasteiger partial charge in [0.25, 0.3) is 5.91 Å². The van der Waals surface area contributed by atoms with Crippen molar-refractivity contribution in [1.29, 1.82) is 0 Å². The van der Waals surface area contributed by atoms with Crippen molar-refractivity contribution in [1.82, 2.24) is 5.32 Å². The number of hydrogen-bond donors (Lipinski definition) is 2. The normalized spacial score (nSPS) is 11.4. The number of aryl methyl sites for hydroxylation is 2. The first kappa shape index (κ1) is 25.5. The Morgan fingerprint density at radius 3 is 2.50 bits per heavy atom. The summed E-state index contributed by atoms with van der Waals surface area (Å²) >= 11 is 7.56. The third-order valence-corrected chi connectivity index (χ3v) is 7.22. The van der Waals surface area contributed by atoms with Crippen LogP contribution in [0.2, 0.25) is 5.02 Å². The Kier molecular flexibility index (Phi) is 7.24. The molecule has 4 rings (SSSR count). The first-order valence-corrected chi connectivity index (χ1v) is 12.5. The number of fused-ring (bicyclic) bond motifs is 1. The minimum atomic E-state index is -1.34. The Morgan fingerprint density at radius 2 is 1.78 bits per heavy atom. The number of aliphatic carboxylic acids is 1. The first-order chi connectivity index (χ1) is 17.0. The molecule has 4 aromatic rings. The van der Waals surface area contributed by atoms with Crippen LogP contribution >= 0.6 is 22.9 Å².